The van der Waals surface area contributed by atoms with Crippen LogP contribution < -0.4 is 0 Å². The van der Waals surface area contributed by atoms with Gasteiger partial charge in [0.15, 0.2) is 0 Å². The zero-order chi connectivity index (χ0) is 10.2. The van der Waals surface area contributed by atoms with E-state index in [1.165, 1.54) is 17.8 Å². The van der Waals surface area contributed by atoms with Gasteiger partial charge in [-0.3, -0.25) is 0 Å². The Morgan fingerprint density at radius 2 is 2.07 bits per heavy atom. The Kier molecular flexibility index (Phi) is 2.60. The van der Waals surface area contributed by atoms with Crippen molar-refractivity contribution < 1.29 is 9.47 Å². The third-order valence-corrected chi connectivity index (χ3v) is 3.87. The van der Waals surface area contributed by atoms with E-state index in [9.17, 15) is 0 Å². The second-order valence-corrected chi connectivity index (χ2v) is 4.80. The van der Waals surface area contributed by atoms with Gasteiger partial charge in [0.2, 0.25) is 6.29 Å². The summed E-state index contributed by atoms with van der Waals surface area (Å²) in [6.07, 6.45) is 2.19. The van der Waals surface area contributed by atoms with Gasteiger partial charge in [0.05, 0.1) is 5.01 Å². The minimum Gasteiger partial charge on any atom is -0.350 e. The van der Waals surface area contributed by atoms with E-state index >= 15 is 0 Å². The van der Waals surface area contributed by atoms with Crippen LogP contribution in [0.15, 0.2) is 5.38 Å². The number of rotatable bonds is 4. The van der Waals surface area contributed by atoms with Crippen LogP contribution in [-0.2, 0) is 14.9 Å². The summed E-state index contributed by atoms with van der Waals surface area (Å²) in [5.41, 5.74) is 1.23. The molecule has 0 aromatic carbocycles. The molecule has 0 unspecified atom stereocenters. The van der Waals surface area contributed by atoms with Crippen molar-refractivity contribution >= 4 is 11.3 Å². The number of aromatic nitrogens is 1. The molecule has 1 aromatic rings. The summed E-state index contributed by atoms with van der Waals surface area (Å²) < 4.78 is 10.3. The van der Waals surface area contributed by atoms with Crippen molar-refractivity contribution in [1.82, 2.24) is 4.98 Å². The third-order valence-electron chi connectivity index (χ3n) is 2.71. The molecule has 1 aliphatic carbocycles. The summed E-state index contributed by atoms with van der Waals surface area (Å²) in [7, 11) is 3.26. The highest BCUT2D eigenvalue weighted by atomic mass is 32.1. The molecule has 2 rings (SSSR count). The Morgan fingerprint density at radius 1 is 1.43 bits per heavy atom. The predicted octanol–water partition coefficient (Wildman–Crippen LogP) is 2.49. The predicted molar refractivity (Wildman–Crippen MR) is 55.5 cm³/mol. The first-order chi connectivity index (χ1) is 6.69. The number of hydrogen-bond donors (Lipinski definition) is 0. The van der Waals surface area contributed by atoms with Gasteiger partial charge in [0.1, 0.15) is 5.69 Å². The van der Waals surface area contributed by atoms with Crippen LogP contribution in [0.2, 0.25) is 0 Å². The second kappa shape index (κ2) is 3.61. The highest BCUT2D eigenvalue weighted by Crippen LogP contribution is 2.48. The van der Waals surface area contributed by atoms with Gasteiger partial charge in [-0.2, -0.15) is 0 Å². The molecular formula is C10H15NO2S. The zero-order valence-corrected chi connectivity index (χ0v) is 9.56. The van der Waals surface area contributed by atoms with Crippen molar-refractivity contribution in [2.24, 2.45) is 0 Å². The van der Waals surface area contributed by atoms with E-state index in [4.69, 9.17) is 9.47 Å². The van der Waals surface area contributed by atoms with E-state index in [1.54, 1.807) is 25.6 Å². The van der Waals surface area contributed by atoms with Crippen molar-refractivity contribution in [2.75, 3.05) is 14.2 Å². The van der Waals surface area contributed by atoms with Crippen molar-refractivity contribution in [3.8, 4) is 0 Å². The molecular weight excluding hydrogens is 198 g/mol. The van der Waals surface area contributed by atoms with Gasteiger partial charge in [-0.15, -0.1) is 11.3 Å². The van der Waals surface area contributed by atoms with E-state index in [0.29, 0.717) is 5.41 Å². The van der Waals surface area contributed by atoms with Gasteiger partial charge in [-0.25, -0.2) is 4.98 Å². The van der Waals surface area contributed by atoms with Gasteiger partial charge in [0.25, 0.3) is 0 Å². The third kappa shape index (κ3) is 1.69. The maximum atomic E-state index is 5.15. The molecule has 1 saturated carbocycles. The summed E-state index contributed by atoms with van der Waals surface area (Å²) in [5.74, 6) is 0. The van der Waals surface area contributed by atoms with E-state index in [0.717, 1.165) is 5.69 Å². The van der Waals surface area contributed by atoms with Crippen LogP contribution in [0.3, 0.4) is 0 Å². The lowest BCUT2D eigenvalue weighted by Crippen LogP contribution is -2.05. The van der Waals surface area contributed by atoms with Crippen molar-refractivity contribution in [2.45, 2.75) is 31.5 Å². The fourth-order valence-electron chi connectivity index (χ4n) is 1.41. The van der Waals surface area contributed by atoms with Crippen LogP contribution in [0.5, 0.6) is 0 Å². The van der Waals surface area contributed by atoms with Gasteiger partial charge >= 0.3 is 0 Å². The van der Waals surface area contributed by atoms with Crippen LogP contribution in [0.4, 0.5) is 0 Å². The Balaban J connectivity index is 2.16. The van der Waals surface area contributed by atoms with E-state index in [2.05, 4.69) is 11.9 Å². The van der Waals surface area contributed by atoms with Crippen LogP contribution in [0, 0.1) is 0 Å². The molecule has 0 N–H and O–H groups in total. The number of methoxy groups -OCH3 is 2. The van der Waals surface area contributed by atoms with Crippen LogP contribution in [-0.4, -0.2) is 19.2 Å². The summed E-state index contributed by atoms with van der Waals surface area (Å²) in [6.45, 7) is 2.25. The number of hydrogen-bond acceptors (Lipinski definition) is 4. The maximum Gasteiger partial charge on any atom is 0.201 e. The zero-order valence-electron chi connectivity index (χ0n) is 8.74. The molecule has 0 amide bonds. The molecule has 4 heteroatoms. The van der Waals surface area contributed by atoms with Crippen molar-refractivity contribution in [1.29, 1.82) is 0 Å². The van der Waals surface area contributed by atoms with Gasteiger partial charge < -0.3 is 9.47 Å². The van der Waals surface area contributed by atoms with Crippen LogP contribution in [0.1, 0.15) is 36.8 Å². The first-order valence-corrected chi connectivity index (χ1v) is 5.59. The topological polar surface area (TPSA) is 31.4 Å². The highest BCUT2D eigenvalue weighted by Gasteiger charge is 2.42. The lowest BCUT2D eigenvalue weighted by Gasteiger charge is -2.10. The molecule has 78 valence electrons. The Hall–Kier alpha value is -0.450. The normalized spacial score (nSPS) is 18.9. The molecule has 1 aliphatic rings. The first kappa shape index (κ1) is 10.1. The van der Waals surface area contributed by atoms with Crippen LogP contribution >= 0.6 is 11.3 Å². The summed E-state index contributed by atoms with van der Waals surface area (Å²) in [5, 5.41) is 3.24. The Bertz CT molecular complexity index is 316. The molecule has 1 aromatic heterocycles. The monoisotopic (exact) mass is 213 g/mol. The molecule has 0 saturated heterocycles. The van der Waals surface area contributed by atoms with Gasteiger partial charge in [-0.05, 0) is 12.8 Å². The van der Waals surface area contributed by atoms with Crippen LogP contribution in [0.25, 0.3) is 0 Å². The average Bonchev–Trinajstić information content (AvgIpc) is 2.76. The standard InChI is InChI=1S/C10H15NO2S/c1-10(4-5-10)9-11-7(6-14-9)8(12-2)13-3/h6,8H,4-5H2,1-3H3. The second-order valence-electron chi connectivity index (χ2n) is 3.94. The fraction of sp³-hybridized carbons (Fsp3) is 0.700. The van der Waals surface area contributed by atoms with E-state index in [1.807, 2.05) is 5.38 Å². The molecule has 0 atom stereocenters. The molecule has 14 heavy (non-hydrogen) atoms. The van der Waals surface area contributed by atoms with Gasteiger partial charge in [0, 0.05) is 25.0 Å². The Morgan fingerprint density at radius 3 is 2.57 bits per heavy atom. The molecule has 0 bridgehead atoms. The molecule has 0 spiro atoms. The van der Waals surface area contributed by atoms with Crippen molar-refractivity contribution in [3.63, 3.8) is 0 Å². The number of ether oxygens (including phenoxy) is 2. The molecule has 1 fully saturated rings. The Labute approximate surface area is 88.1 Å². The minimum atomic E-state index is -0.317. The SMILES string of the molecule is COC(OC)c1csc(C2(C)CC2)n1. The smallest absolute Gasteiger partial charge is 0.201 e. The quantitative estimate of drug-likeness (QED) is 0.720. The van der Waals surface area contributed by atoms with E-state index < -0.39 is 0 Å². The molecule has 3 nitrogen and oxygen atoms in total. The average molecular weight is 213 g/mol. The lowest BCUT2D eigenvalue weighted by molar-refractivity contribution is -0.108. The minimum absolute atomic E-state index is 0.317. The maximum absolute atomic E-state index is 5.15. The lowest BCUT2D eigenvalue weighted by atomic mass is 10.2. The fourth-order valence-corrected chi connectivity index (χ4v) is 2.45. The largest absolute Gasteiger partial charge is 0.350 e. The number of nitrogens with zero attached hydrogens (tertiary/aromatic N) is 1. The van der Waals surface area contributed by atoms with Gasteiger partial charge in [-0.1, -0.05) is 6.92 Å². The summed E-state index contributed by atoms with van der Waals surface area (Å²) in [6, 6.07) is 0. The van der Waals surface area contributed by atoms with Crippen molar-refractivity contribution in [3.05, 3.63) is 16.1 Å². The van der Waals surface area contributed by atoms with E-state index in [-0.39, 0.29) is 6.29 Å². The molecule has 0 radical (unpaired) electrons. The molecule has 0 aliphatic heterocycles. The summed E-state index contributed by atoms with van der Waals surface area (Å²) >= 11 is 1.71. The molecule has 1 heterocycles. The first-order valence-electron chi connectivity index (χ1n) is 4.71. The number of thiazole rings is 1. The highest BCUT2D eigenvalue weighted by molar-refractivity contribution is 7.09. The summed E-state index contributed by atoms with van der Waals surface area (Å²) in [4.78, 5) is 4.55.